The van der Waals surface area contributed by atoms with E-state index in [4.69, 9.17) is 0 Å². The molecule has 1 radical (unpaired) electrons. The van der Waals surface area contributed by atoms with Crippen LogP contribution >= 0.6 is 11.3 Å². The Morgan fingerprint density at radius 1 is 1.36 bits per heavy atom. The van der Waals surface area contributed by atoms with Crippen LogP contribution in [-0.4, -0.2) is 30.8 Å². The molecule has 0 saturated carbocycles. The average Bonchev–Trinajstić information content (AvgIpc) is 2.72. The van der Waals surface area contributed by atoms with Crippen molar-refractivity contribution in [2.75, 3.05) is 13.1 Å². The molecule has 2 heterocycles. The Bertz CT molecular complexity index is 379. The lowest BCUT2D eigenvalue weighted by atomic mass is 10.2. The molecule has 1 fully saturated rings. The van der Waals surface area contributed by atoms with Crippen molar-refractivity contribution in [2.24, 2.45) is 0 Å². The van der Waals surface area contributed by atoms with Crippen molar-refractivity contribution in [3.05, 3.63) is 11.7 Å². The van der Waals surface area contributed by atoms with E-state index in [1.165, 1.54) is 10.5 Å². The third-order valence-electron chi connectivity index (χ3n) is 2.28. The number of aromatic nitrogens is 1. The quantitative estimate of drug-likeness (QED) is 0.766. The minimum absolute atomic E-state index is 0.305. The second-order valence-electron chi connectivity index (χ2n) is 3.24. The maximum absolute atomic E-state index is 11.9. The van der Waals surface area contributed by atoms with Crippen LogP contribution in [0.5, 0.6) is 0 Å². The van der Waals surface area contributed by atoms with Crippen LogP contribution < -0.4 is 0 Å². The second-order valence-corrected chi connectivity index (χ2v) is 6.23. The zero-order valence-electron chi connectivity index (χ0n) is 7.64. The molecule has 77 valence electrons. The van der Waals surface area contributed by atoms with E-state index in [1.54, 1.807) is 0 Å². The Kier molecular flexibility index (Phi) is 2.85. The Morgan fingerprint density at radius 3 is 2.64 bits per heavy atom. The third-order valence-corrected chi connectivity index (χ3v) is 5.32. The first-order valence-corrected chi connectivity index (χ1v) is 6.79. The predicted octanol–water partition coefficient (Wildman–Crippen LogP) is 1.12. The van der Waals surface area contributed by atoms with Crippen molar-refractivity contribution in [1.29, 1.82) is 0 Å². The fraction of sp³-hybridized carbons (Fsp3) is 0.625. The zero-order valence-corrected chi connectivity index (χ0v) is 9.27. The maximum atomic E-state index is 11.9. The molecule has 2 rings (SSSR count). The van der Waals surface area contributed by atoms with Gasteiger partial charge in [0.15, 0.2) is 9.72 Å². The molecule has 6 heteroatoms. The molecule has 1 saturated heterocycles. The molecule has 1 aromatic rings. The van der Waals surface area contributed by atoms with Crippen LogP contribution in [0.15, 0.2) is 10.4 Å². The highest BCUT2D eigenvalue weighted by atomic mass is 32.2. The van der Waals surface area contributed by atoms with Crippen LogP contribution in [0.2, 0.25) is 0 Å². The number of piperidine rings is 1. The Hall–Kier alpha value is -0.460. The molecule has 0 spiro atoms. The van der Waals surface area contributed by atoms with Gasteiger partial charge in [0.1, 0.15) is 0 Å². The van der Waals surface area contributed by atoms with E-state index in [2.05, 4.69) is 10.5 Å². The van der Waals surface area contributed by atoms with Crippen LogP contribution in [0.4, 0.5) is 0 Å². The Morgan fingerprint density at radius 2 is 2.07 bits per heavy atom. The van der Waals surface area contributed by atoms with Crippen molar-refractivity contribution < 1.29 is 8.42 Å². The van der Waals surface area contributed by atoms with Crippen LogP contribution in [0.25, 0.3) is 0 Å². The molecule has 0 aromatic carbocycles. The molecular weight excluding hydrogens is 220 g/mol. The highest BCUT2D eigenvalue weighted by Crippen LogP contribution is 2.22. The average molecular weight is 231 g/mol. The van der Waals surface area contributed by atoms with Gasteiger partial charge < -0.3 is 0 Å². The molecule has 0 N–H and O–H groups in total. The van der Waals surface area contributed by atoms with E-state index in [0.717, 1.165) is 30.6 Å². The molecule has 0 aliphatic carbocycles. The number of nitrogens with zero attached hydrogens (tertiary/aromatic N) is 2. The van der Waals surface area contributed by atoms with Crippen LogP contribution in [0, 0.1) is 5.51 Å². The predicted molar refractivity (Wildman–Crippen MR) is 53.6 cm³/mol. The summed E-state index contributed by atoms with van der Waals surface area (Å²) >= 11 is 1.06. The van der Waals surface area contributed by atoms with Gasteiger partial charge in [-0.3, -0.25) is 0 Å². The number of hydrogen-bond donors (Lipinski definition) is 0. The van der Waals surface area contributed by atoms with Gasteiger partial charge in [0.25, 0.3) is 10.0 Å². The van der Waals surface area contributed by atoms with E-state index in [0.29, 0.717) is 17.3 Å². The van der Waals surface area contributed by atoms with E-state index >= 15 is 0 Å². The van der Waals surface area contributed by atoms with Crippen LogP contribution in [0.1, 0.15) is 19.3 Å². The van der Waals surface area contributed by atoms with Gasteiger partial charge in [0, 0.05) is 13.1 Å². The van der Waals surface area contributed by atoms with Crippen LogP contribution in [-0.2, 0) is 10.0 Å². The molecule has 1 aliphatic heterocycles. The highest BCUT2D eigenvalue weighted by Gasteiger charge is 2.26. The summed E-state index contributed by atoms with van der Waals surface area (Å²) in [4.78, 5) is 3.67. The summed E-state index contributed by atoms with van der Waals surface area (Å²) in [5, 5.41) is 0. The van der Waals surface area contributed by atoms with E-state index in [1.807, 2.05) is 0 Å². The van der Waals surface area contributed by atoms with Gasteiger partial charge in [-0.2, -0.15) is 4.31 Å². The summed E-state index contributed by atoms with van der Waals surface area (Å²) in [6.45, 7) is 1.28. The van der Waals surface area contributed by atoms with E-state index in [9.17, 15) is 8.42 Å². The molecule has 4 nitrogen and oxygen atoms in total. The molecule has 14 heavy (non-hydrogen) atoms. The lowest BCUT2D eigenvalue weighted by Gasteiger charge is -2.24. The largest absolute Gasteiger partial charge is 0.254 e. The Labute approximate surface area is 87.6 Å². The monoisotopic (exact) mass is 231 g/mol. The first-order valence-electron chi connectivity index (χ1n) is 4.53. The van der Waals surface area contributed by atoms with Gasteiger partial charge >= 0.3 is 0 Å². The maximum Gasteiger partial charge on any atom is 0.254 e. The Balaban J connectivity index is 2.23. The third kappa shape index (κ3) is 1.82. The van der Waals surface area contributed by atoms with Gasteiger partial charge in [0.2, 0.25) is 0 Å². The number of hydrogen-bond acceptors (Lipinski definition) is 4. The second kappa shape index (κ2) is 3.96. The van der Waals surface area contributed by atoms with E-state index in [-0.39, 0.29) is 0 Å². The minimum Gasteiger partial charge on any atom is -0.240 e. The summed E-state index contributed by atoms with van der Waals surface area (Å²) in [5.41, 5.74) is 2.56. The molecule has 0 unspecified atom stereocenters. The molecule has 0 amide bonds. The van der Waals surface area contributed by atoms with Crippen molar-refractivity contribution in [1.82, 2.24) is 9.29 Å². The van der Waals surface area contributed by atoms with Gasteiger partial charge in [-0.05, 0) is 12.8 Å². The van der Waals surface area contributed by atoms with Crippen molar-refractivity contribution in [2.45, 2.75) is 23.5 Å². The smallest absolute Gasteiger partial charge is 0.240 e. The van der Waals surface area contributed by atoms with Crippen LogP contribution in [0.3, 0.4) is 0 Å². The fourth-order valence-corrected chi connectivity index (χ4v) is 3.86. The standard InChI is InChI=1S/C8H11N2O2S2/c11-14(12,8-6-9-7-13-8)10-4-2-1-3-5-10/h6H,1-5H2. The summed E-state index contributed by atoms with van der Waals surface area (Å²) in [6.07, 6.45) is 4.42. The normalized spacial score (nSPS) is 19.7. The lowest BCUT2D eigenvalue weighted by Crippen LogP contribution is -2.35. The first kappa shape index (κ1) is 10.1. The number of rotatable bonds is 2. The number of thiazole rings is 1. The van der Waals surface area contributed by atoms with Gasteiger partial charge in [-0.1, -0.05) is 17.8 Å². The molecule has 0 bridgehead atoms. The lowest BCUT2D eigenvalue weighted by molar-refractivity contribution is 0.347. The molecule has 1 aromatic heterocycles. The topological polar surface area (TPSA) is 50.3 Å². The van der Waals surface area contributed by atoms with Gasteiger partial charge in [0.05, 0.1) is 6.20 Å². The van der Waals surface area contributed by atoms with Crippen molar-refractivity contribution >= 4 is 21.4 Å². The van der Waals surface area contributed by atoms with Gasteiger partial charge in [-0.15, -0.1) is 0 Å². The zero-order chi connectivity index (χ0) is 10.0. The van der Waals surface area contributed by atoms with Gasteiger partial charge in [-0.25, -0.2) is 13.4 Å². The summed E-state index contributed by atoms with van der Waals surface area (Å²) in [7, 11) is -3.26. The SMILES string of the molecule is O=S(=O)(c1cn[c]s1)N1CCCCC1. The molecule has 1 aliphatic rings. The summed E-state index contributed by atoms with van der Waals surface area (Å²) in [6, 6.07) is 0. The number of sulfonamides is 1. The minimum atomic E-state index is -3.26. The highest BCUT2D eigenvalue weighted by molar-refractivity contribution is 7.91. The van der Waals surface area contributed by atoms with Crippen molar-refractivity contribution in [3.63, 3.8) is 0 Å². The summed E-state index contributed by atoms with van der Waals surface area (Å²) in [5.74, 6) is 0. The first-order chi connectivity index (χ1) is 6.71. The fourth-order valence-electron chi connectivity index (χ4n) is 1.53. The van der Waals surface area contributed by atoms with Crippen molar-refractivity contribution in [3.8, 4) is 0 Å². The molecule has 0 atom stereocenters. The molecular formula is C8H11N2O2S2. The van der Waals surface area contributed by atoms with E-state index < -0.39 is 10.0 Å². The summed E-state index contributed by atoms with van der Waals surface area (Å²) < 4.78 is 25.7.